The van der Waals surface area contributed by atoms with Crippen LogP contribution in [0.3, 0.4) is 0 Å². The van der Waals surface area contributed by atoms with E-state index in [1.54, 1.807) is 0 Å². The summed E-state index contributed by atoms with van der Waals surface area (Å²) in [5.74, 6) is 0. The quantitative estimate of drug-likeness (QED) is 0.469. The van der Waals surface area contributed by atoms with Crippen molar-refractivity contribution >= 4 is 45.1 Å². The molecule has 0 aliphatic carbocycles. The summed E-state index contributed by atoms with van der Waals surface area (Å²) < 4.78 is 16.2. The van der Waals surface area contributed by atoms with Gasteiger partial charge in [0.2, 0.25) is 0 Å². The van der Waals surface area contributed by atoms with E-state index in [1.165, 1.54) is 6.21 Å². The molecule has 0 bridgehead atoms. The number of aromatic nitrogens is 1. The van der Waals surface area contributed by atoms with Crippen LogP contribution in [0.2, 0.25) is 5.15 Å². The lowest BCUT2D eigenvalue weighted by Crippen LogP contribution is -2.25. The minimum atomic E-state index is -1.30. The highest BCUT2D eigenvalue weighted by Crippen LogP contribution is 2.24. The fourth-order valence-electron chi connectivity index (χ4n) is 0.981. The Morgan fingerprint density at radius 2 is 2.12 bits per heavy atom. The fourth-order valence-corrected chi connectivity index (χ4v) is 2.52. The van der Waals surface area contributed by atoms with Crippen LogP contribution in [0.1, 0.15) is 32.0 Å². The molecule has 1 atom stereocenters. The summed E-state index contributed by atoms with van der Waals surface area (Å²) in [5.41, 5.74) is 1.46. The molecule has 1 unspecified atom stereocenters. The molecule has 1 aromatic heterocycles. The molecule has 0 saturated carbocycles. The molecular formula is C11H14BrClN2OS. The second kappa shape index (κ2) is 5.69. The highest BCUT2D eigenvalue weighted by Gasteiger charge is 2.26. The van der Waals surface area contributed by atoms with Gasteiger partial charge in [-0.25, -0.2) is 4.98 Å². The number of hydrogen-bond acceptors (Lipinski definition) is 3. The molecule has 0 fully saturated rings. The van der Waals surface area contributed by atoms with Crippen molar-refractivity contribution in [3.8, 4) is 0 Å². The number of hydrogen-bond donors (Lipinski definition) is 0. The maximum absolute atomic E-state index is 11.8. The Bertz CT molecular complexity index is 423. The molecule has 0 spiro atoms. The second-order valence-corrected chi connectivity index (χ2v) is 7.69. The van der Waals surface area contributed by atoms with E-state index < -0.39 is 11.4 Å². The van der Waals surface area contributed by atoms with Gasteiger partial charge in [-0.15, -0.1) is 0 Å². The Balaban J connectivity index is 3.00. The van der Waals surface area contributed by atoms with Gasteiger partial charge in [0, 0.05) is 15.7 Å². The third kappa shape index (κ3) is 4.25. The molecule has 0 aromatic carbocycles. The monoisotopic (exact) mass is 336 g/mol. The van der Waals surface area contributed by atoms with Gasteiger partial charge in [-0.1, -0.05) is 16.0 Å². The second-order valence-electron chi connectivity index (χ2n) is 4.55. The highest BCUT2D eigenvalue weighted by molar-refractivity contribution is 9.10. The fraction of sp³-hybridized carbons (Fsp3) is 0.455. The van der Waals surface area contributed by atoms with Gasteiger partial charge in [0.15, 0.2) is 0 Å². The van der Waals surface area contributed by atoms with E-state index >= 15 is 0 Å². The topological polar surface area (TPSA) is 48.3 Å². The zero-order valence-electron chi connectivity index (χ0n) is 10.1. The van der Waals surface area contributed by atoms with Gasteiger partial charge in [0.1, 0.15) is 21.3 Å². The van der Waals surface area contributed by atoms with Crippen LogP contribution in [0.5, 0.6) is 0 Å². The number of rotatable bonds is 2. The van der Waals surface area contributed by atoms with Crippen molar-refractivity contribution in [1.82, 2.24) is 4.98 Å². The van der Waals surface area contributed by atoms with E-state index in [-0.39, 0.29) is 4.75 Å². The van der Waals surface area contributed by atoms with Gasteiger partial charge in [-0.3, -0.25) is 0 Å². The van der Waals surface area contributed by atoms with Gasteiger partial charge >= 0.3 is 0 Å². The van der Waals surface area contributed by atoms with Crippen molar-refractivity contribution in [2.24, 2.45) is 4.40 Å². The summed E-state index contributed by atoms with van der Waals surface area (Å²) in [7, 11) is 0. The Kier molecular flexibility index (Phi) is 5.01. The normalized spacial score (nSPS) is 14.3. The summed E-state index contributed by atoms with van der Waals surface area (Å²) in [5, 5.41) is 0.353. The maximum atomic E-state index is 11.8. The first-order valence-electron chi connectivity index (χ1n) is 5.00. The summed E-state index contributed by atoms with van der Waals surface area (Å²) in [6, 6.07) is 1.84. The molecule has 6 heteroatoms. The van der Waals surface area contributed by atoms with E-state index in [4.69, 9.17) is 11.6 Å². The lowest BCUT2D eigenvalue weighted by atomic mass is 10.3. The van der Waals surface area contributed by atoms with Crippen LogP contribution in [-0.2, 0) is 11.4 Å². The predicted molar refractivity (Wildman–Crippen MR) is 77.2 cm³/mol. The van der Waals surface area contributed by atoms with E-state index in [0.29, 0.717) is 10.7 Å². The lowest BCUT2D eigenvalue weighted by molar-refractivity contribution is 0.562. The summed E-state index contributed by atoms with van der Waals surface area (Å²) >= 11 is 8.09. The third-order valence-corrected chi connectivity index (χ3v) is 4.18. The van der Waals surface area contributed by atoms with E-state index in [0.717, 1.165) is 10.2 Å². The first kappa shape index (κ1) is 15.0. The number of pyridine rings is 1. The van der Waals surface area contributed by atoms with Gasteiger partial charge in [-0.05, 0) is 49.7 Å². The first-order valence-corrected chi connectivity index (χ1v) is 7.28. The van der Waals surface area contributed by atoms with Crippen LogP contribution in [0.25, 0.3) is 0 Å². The SMILES string of the molecule is Cc1cc(Br)c(C=N[S+]([O-])C(C)(C)C)c(Cl)n1. The van der Waals surface area contributed by atoms with Gasteiger partial charge in [0.05, 0.1) is 6.21 Å². The largest absolute Gasteiger partial charge is 0.591 e. The molecule has 0 saturated heterocycles. The molecule has 94 valence electrons. The summed E-state index contributed by atoms with van der Waals surface area (Å²) in [6.07, 6.45) is 1.50. The van der Waals surface area contributed by atoms with Crippen LogP contribution < -0.4 is 0 Å². The molecule has 1 heterocycles. The standard InChI is InChI=1S/C11H14BrClN2OS/c1-7-5-9(12)8(10(13)15-7)6-14-17(16)11(2,3)4/h5-6H,1-4H3. The minimum absolute atomic E-state index is 0.353. The molecule has 0 N–H and O–H groups in total. The Labute approximate surface area is 118 Å². The van der Waals surface area contributed by atoms with Crippen molar-refractivity contribution in [3.05, 3.63) is 26.9 Å². The first-order chi connectivity index (χ1) is 7.71. The van der Waals surface area contributed by atoms with Gasteiger partial charge in [0.25, 0.3) is 0 Å². The van der Waals surface area contributed by atoms with E-state index in [9.17, 15) is 4.55 Å². The van der Waals surface area contributed by atoms with Crippen LogP contribution >= 0.6 is 27.5 Å². The molecule has 0 aliphatic heterocycles. The predicted octanol–water partition coefficient (Wildman–Crippen LogP) is 3.69. The number of nitrogens with zero attached hydrogens (tertiary/aromatic N) is 2. The maximum Gasteiger partial charge on any atom is 0.144 e. The molecule has 0 radical (unpaired) electrons. The Morgan fingerprint density at radius 1 is 1.53 bits per heavy atom. The average molecular weight is 338 g/mol. The van der Waals surface area contributed by atoms with Crippen molar-refractivity contribution < 1.29 is 4.55 Å². The average Bonchev–Trinajstić information content (AvgIpc) is 2.13. The lowest BCUT2D eigenvalue weighted by Gasteiger charge is -2.17. The van der Waals surface area contributed by atoms with E-state index in [1.807, 2.05) is 33.8 Å². The molecule has 0 amide bonds. The van der Waals surface area contributed by atoms with Gasteiger partial charge in [-0.2, -0.15) is 0 Å². The van der Waals surface area contributed by atoms with Crippen molar-refractivity contribution in [1.29, 1.82) is 0 Å². The zero-order valence-corrected chi connectivity index (χ0v) is 13.3. The third-order valence-electron chi connectivity index (χ3n) is 1.89. The van der Waals surface area contributed by atoms with Crippen molar-refractivity contribution in [3.63, 3.8) is 0 Å². The number of aryl methyl sites for hydroxylation is 1. The van der Waals surface area contributed by atoms with Crippen LogP contribution in [-0.4, -0.2) is 20.5 Å². The zero-order chi connectivity index (χ0) is 13.2. The smallest absolute Gasteiger partial charge is 0.144 e. The molecular weight excluding hydrogens is 324 g/mol. The van der Waals surface area contributed by atoms with Crippen LogP contribution in [0.15, 0.2) is 14.9 Å². The molecule has 1 rings (SSSR count). The summed E-state index contributed by atoms with van der Waals surface area (Å²) in [6.45, 7) is 7.45. The highest BCUT2D eigenvalue weighted by atomic mass is 79.9. The molecule has 17 heavy (non-hydrogen) atoms. The van der Waals surface area contributed by atoms with Crippen molar-refractivity contribution in [2.45, 2.75) is 32.4 Å². The van der Waals surface area contributed by atoms with Crippen LogP contribution in [0, 0.1) is 6.92 Å². The minimum Gasteiger partial charge on any atom is -0.591 e. The molecule has 1 aromatic rings. The Morgan fingerprint density at radius 3 is 2.59 bits per heavy atom. The summed E-state index contributed by atoms with van der Waals surface area (Å²) in [4.78, 5) is 4.12. The molecule has 3 nitrogen and oxygen atoms in total. The van der Waals surface area contributed by atoms with E-state index in [2.05, 4.69) is 25.3 Å². The van der Waals surface area contributed by atoms with Crippen LogP contribution in [0.4, 0.5) is 0 Å². The van der Waals surface area contributed by atoms with Crippen molar-refractivity contribution in [2.75, 3.05) is 0 Å². The van der Waals surface area contributed by atoms with Gasteiger partial charge < -0.3 is 4.55 Å². The number of halogens is 2. The Hall–Kier alpha value is -0.100. The molecule has 0 aliphatic rings.